The van der Waals surface area contributed by atoms with E-state index < -0.39 is 12.0 Å². The van der Waals surface area contributed by atoms with Gasteiger partial charge in [-0.2, -0.15) is 0 Å². The normalized spacial score (nSPS) is 11.6. The highest BCUT2D eigenvalue weighted by atomic mass is 16.5. The van der Waals surface area contributed by atoms with E-state index in [1.165, 1.54) is 16.8 Å². The molecule has 2 amide bonds. The van der Waals surface area contributed by atoms with Crippen LogP contribution in [0.15, 0.2) is 24.3 Å². The molecule has 1 aromatic rings. The van der Waals surface area contributed by atoms with Gasteiger partial charge in [-0.15, -0.1) is 0 Å². The lowest BCUT2D eigenvalue weighted by atomic mass is 10.2. The summed E-state index contributed by atoms with van der Waals surface area (Å²) in [5, 5.41) is 9.10. The largest absolute Gasteiger partial charge is 0.497 e. The summed E-state index contributed by atoms with van der Waals surface area (Å²) < 4.78 is 5.08. The molecule has 0 aliphatic heterocycles. The third kappa shape index (κ3) is 4.37. The van der Waals surface area contributed by atoms with Crippen LogP contribution in [0.2, 0.25) is 0 Å². The molecule has 1 rings (SSSR count). The van der Waals surface area contributed by atoms with E-state index in [4.69, 9.17) is 9.84 Å². The van der Waals surface area contributed by atoms with Crippen molar-refractivity contribution < 1.29 is 19.4 Å². The molecule has 116 valence electrons. The minimum absolute atomic E-state index is 0.319. The Balaban J connectivity index is 2.70. The molecule has 0 saturated heterocycles. The zero-order valence-electron chi connectivity index (χ0n) is 12.9. The molecule has 0 spiro atoms. The van der Waals surface area contributed by atoms with Crippen LogP contribution >= 0.6 is 0 Å². The van der Waals surface area contributed by atoms with Crippen molar-refractivity contribution in [3.05, 3.63) is 29.8 Å². The van der Waals surface area contributed by atoms with Gasteiger partial charge in [-0.3, -0.25) is 0 Å². The maximum Gasteiger partial charge on any atom is 0.326 e. The van der Waals surface area contributed by atoms with Crippen LogP contribution in [0.1, 0.15) is 18.9 Å². The summed E-state index contributed by atoms with van der Waals surface area (Å²) in [4.78, 5) is 26.1. The van der Waals surface area contributed by atoms with Crippen molar-refractivity contribution in [1.29, 1.82) is 0 Å². The first-order valence-electron chi connectivity index (χ1n) is 6.74. The van der Waals surface area contributed by atoms with E-state index in [0.29, 0.717) is 13.0 Å². The van der Waals surface area contributed by atoms with Crippen molar-refractivity contribution in [2.75, 3.05) is 21.2 Å². The quantitative estimate of drug-likeness (QED) is 0.871. The maximum atomic E-state index is 12.2. The Morgan fingerprint density at radius 2 is 1.81 bits per heavy atom. The van der Waals surface area contributed by atoms with E-state index in [-0.39, 0.29) is 6.03 Å². The monoisotopic (exact) mass is 294 g/mol. The van der Waals surface area contributed by atoms with Crippen LogP contribution < -0.4 is 4.74 Å². The predicted molar refractivity (Wildman–Crippen MR) is 79.3 cm³/mol. The van der Waals surface area contributed by atoms with Crippen molar-refractivity contribution in [3.63, 3.8) is 0 Å². The standard InChI is InChI=1S/C15H22N2O4/c1-5-13(14(18)19)17(3)15(20)16(2)10-11-6-8-12(21-4)9-7-11/h6-9,13H,5,10H2,1-4H3,(H,18,19). The highest BCUT2D eigenvalue weighted by Crippen LogP contribution is 2.14. The van der Waals surface area contributed by atoms with Gasteiger partial charge in [-0.25, -0.2) is 9.59 Å². The van der Waals surface area contributed by atoms with Gasteiger partial charge in [0, 0.05) is 20.6 Å². The van der Waals surface area contributed by atoms with Gasteiger partial charge in [0.1, 0.15) is 11.8 Å². The number of carboxylic acid groups (broad SMARTS) is 1. The first-order valence-corrected chi connectivity index (χ1v) is 6.74. The summed E-state index contributed by atoms with van der Waals surface area (Å²) in [5.74, 6) is -0.243. The van der Waals surface area contributed by atoms with Crippen LogP contribution in [0.25, 0.3) is 0 Å². The number of benzene rings is 1. The van der Waals surface area contributed by atoms with Crippen LogP contribution in [0.5, 0.6) is 5.75 Å². The molecule has 1 aromatic carbocycles. The van der Waals surface area contributed by atoms with E-state index in [9.17, 15) is 9.59 Å². The molecule has 0 saturated carbocycles. The fourth-order valence-corrected chi connectivity index (χ4v) is 2.09. The molecule has 21 heavy (non-hydrogen) atoms. The number of carbonyl (C=O) groups excluding carboxylic acids is 1. The van der Waals surface area contributed by atoms with Crippen molar-refractivity contribution in [2.45, 2.75) is 25.9 Å². The molecule has 0 fully saturated rings. The Hall–Kier alpha value is -2.24. The first-order chi connectivity index (χ1) is 9.90. The number of aliphatic carboxylic acids is 1. The highest BCUT2D eigenvalue weighted by molar-refractivity contribution is 5.82. The number of amides is 2. The number of carboxylic acids is 1. The number of urea groups is 1. The van der Waals surface area contributed by atoms with E-state index in [2.05, 4.69) is 0 Å². The molecule has 0 radical (unpaired) electrons. The van der Waals surface area contributed by atoms with Gasteiger partial charge in [0.25, 0.3) is 0 Å². The third-order valence-electron chi connectivity index (χ3n) is 3.35. The topological polar surface area (TPSA) is 70.1 Å². The van der Waals surface area contributed by atoms with Crippen molar-refractivity contribution in [2.24, 2.45) is 0 Å². The number of ether oxygens (including phenoxy) is 1. The van der Waals surface area contributed by atoms with Crippen LogP contribution in [0, 0.1) is 0 Å². The average Bonchev–Trinajstić information content (AvgIpc) is 2.47. The molecule has 1 atom stereocenters. The zero-order valence-corrected chi connectivity index (χ0v) is 12.9. The minimum Gasteiger partial charge on any atom is -0.497 e. The van der Waals surface area contributed by atoms with E-state index in [0.717, 1.165) is 11.3 Å². The van der Waals surface area contributed by atoms with Crippen molar-refractivity contribution in [3.8, 4) is 5.75 Å². The Labute approximate surface area is 124 Å². The van der Waals surface area contributed by atoms with Gasteiger partial charge >= 0.3 is 12.0 Å². The minimum atomic E-state index is -0.994. The fourth-order valence-electron chi connectivity index (χ4n) is 2.09. The second-order valence-electron chi connectivity index (χ2n) is 4.86. The summed E-state index contributed by atoms with van der Waals surface area (Å²) in [6.07, 6.45) is 0.369. The molecule has 0 aliphatic carbocycles. The average molecular weight is 294 g/mol. The Kier molecular flexibility index (Phi) is 6.02. The molecule has 0 bridgehead atoms. The SMILES string of the molecule is CCC(C(=O)O)N(C)C(=O)N(C)Cc1ccc(OC)cc1. The van der Waals surface area contributed by atoms with Gasteiger partial charge in [0.05, 0.1) is 7.11 Å². The molecular weight excluding hydrogens is 272 g/mol. The second-order valence-corrected chi connectivity index (χ2v) is 4.86. The molecule has 1 unspecified atom stereocenters. The highest BCUT2D eigenvalue weighted by Gasteiger charge is 2.26. The van der Waals surface area contributed by atoms with E-state index in [1.54, 1.807) is 21.1 Å². The number of hydrogen-bond donors (Lipinski definition) is 1. The van der Waals surface area contributed by atoms with Gasteiger partial charge in [-0.05, 0) is 24.1 Å². The summed E-state index contributed by atoms with van der Waals surface area (Å²) in [5.41, 5.74) is 0.948. The number of hydrogen-bond acceptors (Lipinski definition) is 3. The third-order valence-corrected chi connectivity index (χ3v) is 3.35. The lowest BCUT2D eigenvalue weighted by molar-refractivity contribution is -0.142. The van der Waals surface area contributed by atoms with Crippen LogP contribution in [-0.4, -0.2) is 54.2 Å². The molecule has 0 aliphatic rings. The van der Waals surface area contributed by atoms with Crippen LogP contribution in [-0.2, 0) is 11.3 Å². The fraction of sp³-hybridized carbons (Fsp3) is 0.467. The van der Waals surface area contributed by atoms with Crippen LogP contribution in [0.4, 0.5) is 4.79 Å². The van der Waals surface area contributed by atoms with E-state index >= 15 is 0 Å². The molecule has 6 nitrogen and oxygen atoms in total. The number of nitrogens with zero attached hydrogens (tertiary/aromatic N) is 2. The summed E-state index contributed by atoms with van der Waals surface area (Å²) in [6.45, 7) is 2.15. The number of methoxy groups -OCH3 is 1. The molecule has 0 aromatic heterocycles. The Morgan fingerprint density at radius 3 is 2.24 bits per heavy atom. The van der Waals surface area contributed by atoms with Crippen molar-refractivity contribution in [1.82, 2.24) is 9.80 Å². The van der Waals surface area contributed by atoms with Gasteiger partial charge < -0.3 is 19.6 Å². The van der Waals surface area contributed by atoms with Crippen LogP contribution in [0.3, 0.4) is 0 Å². The van der Waals surface area contributed by atoms with Gasteiger partial charge in [0.15, 0.2) is 0 Å². The number of likely N-dealkylation sites (N-methyl/N-ethyl adjacent to an activating group) is 1. The lowest BCUT2D eigenvalue weighted by Gasteiger charge is -2.29. The Morgan fingerprint density at radius 1 is 1.24 bits per heavy atom. The van der Waals surface area contributed by atoms with E-state index in [1.807, 2.05) is 24.3 Å². The van der Waals surface area contributed by atoms with Gasteiger partial charge in [0.2, 0.25) is 0 Å². The van der Waals surface area contributed by atoms with Crippen molar-refractivity contribution >= 4 is 12.0 Å². The van der Waals surface area contributed by atoms with Gasteiger partial charge in [-0.1, -0.05) is 19.1 Å². The molecule has 1 N–H and O–H groups in total. The lowest BCUT2D eigenvalue weighted by Crippen LogP contribution is -2.47. The zero-order chi connectivity index (χ0) is 16.0. The summed E-state index contributed by atoms with van der Waals surface area (Å²) in [7, 11) is 4.75. The maximum absolute atomic E-state index is 12.2. The predicted octanol–water partition coefficient (Wildman–Crippen LogP) is 2.04. The molecule has 6 heteroatoms. The summed E-state index contributed by atoms with van der Waals surface area (Å²) >= 11 is 0. The Bertz CT molecular complexity index is 487. The smallest absolute Gasteiger partial charge is 0.326 e. The number of rotatable bonds is 6. The number of carbonyl (C=O) groups is 2. The second kappa shape index (κ2) is 7.52. The first kappa shape index (κ1) is 16.8. The summed E-state index contributed by atoms with van der Waals surface area (Å²) in [6, 6.07) is 6.26. The molecular formula is C15H22N2O4. The molecule has 0 heterocycles.